The fourth-order valence-corrected chi connectivity index (χ4v) is 3.98. The van der Waals surface area contributed by atoms with E-state index in [2.05, 4.69) is 9.46 Å². The first-order chi connectivity index (χ1) is 12.8. The van der Waals surface area contributed by atoms with Gasteiger partial charge in [0.25, 0.3) is 0 Å². The maximum absolute atomic E-state index is 12.5. The summed E-state index contributed by atoms with van der Waals surface area (Å²) in [7, 11) is -2.48. The third kappa shape index (κ3) is 6.53. The number of carbonyl (C=O) groups is 1. The van der Waals surface area contributed by atoms with Crippen molar-refractivity contribution >= 4 is 27.6 Å². The molecule has 0 aliphatic heterocycles. The number of carbonyl (C=O) groups excluding carboxylic acids is 1. The lowest BCUT2D eigenvalue weighted by molar-refractivity contribution is -0.142. The van der Waals surface area contributed by atoms with Crippen molar-refractivity contribution in [2.24, 2.45) is 0 Å². The minimum absolute atomic E-state index is 0.0319. The summed E-state index contributed by atoms with van der Waals surface area (Å²) in [6.07, 6.45) is 1.43. The summed E-state index contributed by atoms with van der Waals surface area (Å²) in [5.74, 6) is -0.352. The summed E-state index contributed by atoms with van der Waals surface area (Å²) in [6.45, 7) is 1.51. The second-order valence-corrected chi connectivity index (χ2v) is 8.12. The molecule has 0 aromatic heterocycles. The van der Waals surface area contributed by atoms with Gasteiger partial charge in [-0.25, -0.2) is 17.9 Å². The first kappa shape index (κ1) is 21.2. The van der Waals surface area contributed by atoms with E-state index < -0.39 is 16.0 Å². The molecule has 27 heavy (non-hydrogen) atoms. The van der Waals surface area contributed by atoms with Crippen molar-refractivity contribution in [3.05, 3.63) is 59.1 Å². The zero-order valence-corrected chi connectivity index (χ0v) is 16.7. The largest absolute Gasteiger partial charge is 0.480 e. The second kappa shape index (κ2) is 9.73. The zero-order chi connectivity index (χ0) is 19.9. The van der Waals surface area contributed by atoms with E-state index in [1.807, 2.05) is 37.3 Å². The lowest BCUT2D eigenvalue weighted by Gasteiger charge is -2.15. The van der Waals surface area contributed by atoms with Crippen molar-refractivity contribution < 1.29 is 22.7 Å². The van der Waals surface area contributed by atoms with Crippen LogP contribution in [0.3, 0.4) is 0 Å². The summed E-state index contributed by atoms with van der Waals surface area (Å²) in [5.41, 5.74) is 1.15. The van der Waals surface area contributed by atoms with Crippen LogP contribution in [0.5, 0.6) is 5.75 Å². The van der Waals surface area contributed by atoms with E-state index in [1.54, 1.807) is 0 Å². The Labute approximate surface area is 164 Å². The molecule has 0 bridgehead atoms. The van der Waals surface area contributed by atoms with Crippen LogP contribution < -0.4 is 9.46 Å². The third-order valence-corrected chi connectivity index (χ3v) is 5.73. The monoisotopic (exact) mass is 411 g/mol. The van der Waals surface area contributed by atoms with Crippen molar-refractivity contribution in [1.29, 1.82) is 0 Å². The fourth-order valence-electron chi connectivity index (χ4n) is 2.38. The first-order valence-corrected chi connectivity index (χ1v) is 10.2. The van der Waals surface area contributed by atoms with Gasteiger partial charge >= 0.3 is 5.97 Å². The number of nitrogens with one attached hydrogen (secondary N) is 1. The van der Waals surface area contributed by atoms with Gasteiger partial charge in [0.05, 0.1) is 17.0 Å². The van der Waals surface area contributed by atoms with Gasteiger partial charge in [-0.05, 0) is 43.5 Å². The molecule has 0 heterocycles. The molecule has 2 aromatic carbocycles. The Balaban J connectivity index is 1.98. The van der Waals surface area contributed by atoms with Gasteiger partial charge in [-0.15, -0.1) is 0 Å². The third-order valence-electron chi connectivity index (χ3n) is 3.85. The van der Waals surface area contributed by atoms with E-state index in [9.17, 15) is 13.2 Å². The zero-order valence-electron chi connectivity index (χ0n) is 15.1. The molecule has 6 nitrogen and oxygen atoms in total. The smallest absolute Gasteiger partial charge is 0.343 e. The Hall–Kier alpha value is -2.09. The molecule has 0 saturated heterocycles. The number of hydrogen-bond donors (Lipinski definition) is 1. The number of aryl methyl sites for hydroxylation is 1. The minimum Gasteiger partial charge on any atom is -0.480 e. The molecular weight excluding hydrogens is 390 g/mol. The molecule has 2 aromatic rings. The van der Waals surface area contributed by atoms with Crippen LogP contribution in [0.25, 0.3) is 0 Å². The van der Waals surface area contributed by atoms with Gasteiger partial charge in [-0.1, -0.05) is 41.9 Å². The highest BCUT2D eigenvalue weighted by atomic mass is 35.5. The molecule has 8 heteroatoms. The van der Waals surface area contributed by atoms with Crippen molar-refractivity contribution in [3.8, 4) is 5.75 Å². The van der Waals surface area contributed by atoms with Crippen LogP contribution in [0.15, 0.2) is 53.4 Å². The summed E-state index contributed by atoms with van der Waals surface area (Å²) < 4.78 is 37.4. The first-order valence-electron chi connectivity index (χ1n) is 8.37. The predicted molar refractivity (Wildman–Crippen MR) is 104 cm³/mol. The summed E-state index contributed by atoms with van der Waals surface area (Å²) in [5, 5.41) is 0.0960. The molecule has 2 rings (SSSR count). The summed E-state index contributed by atoms with van der Waals surface area (Å²) in [6, 6.07) is 13.7. The summed E-state index contributed by atoms with van der Waals surface area (Å²) in [4.78, 5) is 11.1. The van der Waals surface area contributed by atoms with Crippen molar-refractivity contribution in [2.75, 3.05) is 13.7 Å². The number of hydrogen-bond acceptors (Lipinski definition) is 5. The average Bonchev–Trinajstić information content (AvgIpc) is 2.65. The van der Waals surface area contributed by atoms with E-state index in [-0.39, 0.29) is 28.3 Å². The number of sulfonamides is 1. The number of methoxy groups -OCH3 is 1. The molecule has 0 radical (unpaired) electrons. The Bertz CT molecular complexity index is 871. The minimum atomic E-state index is -3.72. The number of halogens is 1. The highest BCUT2D eigenvalue weighted by Crippen LogP contribution is 2.27. The average molecular weight is 412 g/mol. The van der Waals surface area contributed by atoms with Crippen LogP contribution >= 0.6 is 11.6 Å². The van der Waals surface area contributed by atoms with E-state index >= 15 is 0 Å². The molecule has 146 valence electrons. The Kier molecular flexibility index (Phi) is 7.65. The van der Waals surface area contributed by atoms with Gasteiger partial charge in [0.1, 0.15) is 5.75 Å². The van der Waals surface area contributed by atoms with Crippen LogP contribution in [0, 0.1) is 0 Å². The molecule has 1 N–H and O–H groups in total. The number of ether oxygens (including phenoxy) is 2. The molecule has 0 aliphatic rings. The van der Waals surface area contributed by atoms with E-state index in [0.717, 1.165) is 12.0 Å². The van der Waals surface area contributed by atoms with Crippen LogP contribution in [0.4, 0.5) is 0 Å². The highest BCUT2D eigenvalue weighted by molar-refractivity contribution is 7.89. The number of benzene rings is 2. The normalized spacial score (nSPS) is 12.4. The van der Waals surface area contributed by atoms with Gasteiger partial charge in [0.15, 0.2) is 6.61 Å². The topological polar surface area (TPSA) is 81.7 Å². The van der Waals surface area contributed by atoms with Gasteiger partial charge in [0.2, 0.25) is 10.0 Å². The summed E-state index contributed by atoms with van der Waals surface area (Å²) >= 11 is 6.07. The van der Waals surface area contributed by atoms with E-state index in [4.69, 9.17) is 16.3 Å². The lowest BCUT2D eigenvalue weighted by atomic mass is 10.1. The molecule has 0 fully saturated rings. The fraction of sp³-hybridized carbons (Fsp3) is 0.316. The van der Waals surface area contributed by atoms with Gasteiger partial charge < -0.3 is 9.47 Å². The SMILES string of the molecule is COC(=O)COc1ccc(S(=O)(=O)N[C@@H](C)CCc2ccccc2)cc1Cl. The Morgan fingerprint density at radius 1 is 1.19 bits per heavy atom. The van der Waals surface area contributed by atoms with Crippen LogP contribution in [0.2, 0.25) is 5.02 Å². The molecule has 0 amide bonds. The van der Waals surface area contributed by atoms with Crippen LogP contribution in [-0.2, 0) is 26.0 Å². The van der Waals surface area contributed by atoms with Gasteiger partial charge in [-0.3, -0.25) is 0 Å². The standard InChI is InChI=1S/C19H22ClNO5S/c1-14(8-9-15-6-4-3-5-7-15)21-27(23,24)16-10-11-18(17(20)12-16)26-13-19(22)25-2/h3-7,10-12,14,21H,8-9,13H2,1-2H3/t14-/m0/s1. The maximum atomic E-state index is 12.5. The van der Waals surface area contributed by atoms with Crippen molar-refractivity contribution in [1.82, 2.24) is 4.72 Å². The number of rotatable bonds is 9. The molecule has 0 spiro atoms. The second-order valence-electron chi connectivity index (χ2n) is 6.00. The Morgan fingerprint density at radius 3 is 2.52 bits per heavy atom. The molecule has 0 unspecified atom stereocenters. The van der Waals surface area contributed by atoms with Crippen molar-refractivity contribution in [3.63, 3.8) is 0 Å². The van der Waals surface area contributed by atoms with Crippen molar-refractivity contribution in [2.45, 2.75) is 30.7 Å². The Morgan fingerprint density at radius 2 is 1.89 bits per heavy atom. The van der Waals surface area contributed by atoms with E-state index in [1.165, 1.54) is 25.3 Å². The highest BCUT2D eigenvalue weighted by Gasteiger charge is 2.19. The molecular formula is C19H22ClNO5S. The molecule has 1 atom stereocenters. The van der Waals surface area contributed by atoms with Crippen LogP contribution in [-0.4, -0.2) is 34.1 Å². The molecule has 0 aliphatic carbocycles. The van der Waals surface area contributed by atoms with Crippen LogP contribution in [0.1, 0.15) is 18.9 Å². The van der Waals surface area contributed by atoms with Gasteiger partial charge in [0, 0.05) is 6.04 Å². The quantitative estimate of drug-likeness (QED) is 0.641. The maximum Gasteiger partial charge on any atom is 0.343 e. The lowest BCUT2D eigenvalue weighted by Crippen LogP contribution is -2.33. The molecule has 0 saturated carbocycles. The van der Waals surface area contributed by atoms with E-state index in [0.29, 0.717) is 6.42 Å². The predicted octanol–water partition coefficient (Wildman–Crippen LogP) is 3.19. The number of esters is 1. The van der Waals surface area contributed by atoms with Gasteiger partial charge in [-0.2, -0.15) is 0 Å².